The highest BCUT2D eigenvalue weighted by molar-refractivity contribution is 5.94. The topological polar surface area (TPSA) is 41.4 Å². The predicted molar refractivity (Wildman–Crippen MR) is 122 cm³/mol. The van der Waals surface area contributed by atoms with Gasteiger partial charge in [0.15, 0.2) is 5.69 Å². The number of rotatable bonds is 5. The van der Waals surface area contributed by atoms with Gasteiger partial charge in [-0.25, -0.2) is 0 Å². The van der Waals surface area contributed by atoms with Gasteiger partial charge in [-0.2, -0.15) is 5.10 Å². The molecule has 6 aliphatic rings. The largest absolute Gasteiger partial charge is 0.337 e. The van der Waals surface area contributed by atoms with E-state index in [9.17, 15) is 4.79 Å². The molecule has 5 aliphatic carbocycles. The number of carbonyl (C=O) groups excluding carboxylic acids is 1. The van der Waals surface area contributed by atoms with E-state index < -0.39 is 0 Å². The van der Waals surface area contributed by atoms with Gasteiger partial charge in [0.25, 0.3) is 5.91 Å². The summed E-state index contributed by atoms with van der Waals surface area (Å²) in [5, 5.41) is 4.71. The summed E-state index contributed by atoms with van der Waals surface area (Å²) in [6.07, 6.45) is 16.1. The molecular weight excluding hydrogens is 384 g/mol. The van der Waals surface area contributed by atoms with Crippen molar-refractivity contribution in [3.63, 3.8) is 0 Å². The van der Waals surface area contributed by atoms with Crippen LogP contribution in [0.5, 0.6) is 0 Å². The molecule has 1 amide bonds. The van der Waals surface area contributed by atoms with E-state index in [1.807, 2.05) is 16.6 Å². The second kappa shape index (κ2) is 7.60. The Morgan fingerprint density at radius 1 is 1.10 bits per heavy atom. The SMILES string of the molecule is CN(CCC12CC3CC(CC(C3)C1)C2)[C@H]1CCc2c(c(C(=O)N3CCCC3)nn2C)C1. The molecule has 0 N–H and O–H groups in total. The molecule has 0 spiro atoms. The maximum absolute atomic E-state index is 13.1. The van der Waals surface area contributed by atoms with Crippen LogP contribution < -0.4 is 0 Å². The molecule has 1 atom stereocenters. The number of carbonyl (C=O) groups is 1. The Labute approximate surface area is 187 Å². The molecule has 1 aliphatic heterocycles. The molecule has 1 saturated heterocycles. The molecule has 5 heteroatoms. The van der Waals surface area contributed by atoms with Crippen molar-refractivity contribution in [2.45, 2.75) is 83.1 Å². The molecule has 5 nitrogen and oxygen atoms in total. The van der Waals surface area contributed by atoms with Gasteiger partial charge in [-0.3, -0.25) is 9.48 Å². The lowest BCUT2D eigenvalue weighted by Gasteiger charge is -2.57. The summed E-state index contributed by atoms with van der Waals surface area (Å²) in [4.78, 5) is 17.8. The van der Waals surface area contributed by atoms with Crippen molar-refractivity contribution in [1.29, 1.82) is 0 Å². The maximum Gasteiger partial charge on any atom is 0.274 e. The van der Waals surface area contributed by atoms with Gasteiger partial charge in [-0.05, 0) is 114 Å². The van der Waals surface area contributed by atoms with Gasteiger partial charge < -0.3 is 9.80 Å². The first-order valence-corrected chi connectivity index (χ1v) is 13.0. The van der Waals surface area contributed by atoms with Crippen LogP contribution in [0.25, 0.3) is 0 Å². The van der Waals surface area contributed by atoms with E-state index in [0.717, 1.165) is 62.2 Å². The highest BCUT2D eigenvalue weighted by atomic mass is 16.2. The molecule has 31 heavy (non-hydrogen) atoms. The molecule has 170 valence electrons. The summed E-state index contributed by atoms with van der Waals surface area (Å²) in [6, 6.07) is 0.552. The van der Waals surface area contributed by atoms with Gasteiger partial charge in [0.05, 0.1) is 0 Å². The third-order valence-corrected chi connectivity index (χ3v) is 9.81. The highest BCUT2D eigenvalue weighted by Crippen LogP contribution is 2.61. The number of fused-ring (bicyclic) bond motifs is 1. The minimum Gasteiger partial charge on any atom is -0.337 e. The second-order valence-electron chi connectivity index (χ2n) is 11.9. The summed E-state index contributed by atoms with van der Waals surface area (Å²) in [5.74, 6) is 3.31. The number of amides is 1. The standard InChI is InChI=1S/C26H40N4O/c1-28(10-7-26-15-18-11-19(16-26)13-20(12-18)17-26)21-5-6-23-22(14-21)24(27-29(23)2)25(31)30-8-3-4-9-30/h18-21H,3-17H2,1-2H3/t18?,19?,20?,21-,26?/m0/s1. The van der Waals surface area contributed by atoms with Crippen molar-refractivity contribution in [3.8, 4) is 0 Å². The molecule has 0 radical (unpaired) electrons. The Balaban J connectivity index is 1.13. The van der Waals surface area contributed by atoms with Crippen LogP contribution >= 0.6 is 0 Å². The third-order valence-electron chi connectivity index (χ3n) is 9.81. The molecule has 5 fully saturated rings. The van der Waals surface area contributed by atoms with E-state index in [2.05, 4.69) is 11.9 Å². The van der Waals surface area contributed by atoms with Crippen LogP contribution in [0, 0.1) is 23.2 Å². The third kappa shape index (κ3) is 3.55. The molecule has 2 heterocycles. The number of hydrogen-bond acceptors (Lipinski definition) is 3. The van der Waals surface area contributed by atoms with E-state index in [4.69, 9.17) is 5.10 Å². The Morgan fingerprint density at radius 2 is 1.74 bits per heavy atom. The van der Waals surface area contributed by atoms with Crippen molar-refractivity contribution in [3.05, 3.63) is 17.0 Å². The van der Waals surface area contributed by atoms with Gasteiger partial charge in [0.1, 0.15) is 0 Å². The monoisotopic (exact) mass is 424 g/mol. The second-order valence-corrected chi connectivity index (χ2v) is 11.9. The van der Waals surface area contributed by atoms with Crippen LogP contribution in [0.3, 0.4) is 0 Å². The fraction of sp³-hybridized carbons (Fsp3) is 0.846. The van der Waals surface area contributed by atoms with E-state index >= 15 is 0 Å². The average molecular weight is 425 g/mol. The number of likely N-dealkylation sites (N-methyl/N-ethyl adjacent to an activating group) is 1. The van der Waals surface area contributed by atoms with Crippen molar-refractivity contribution in [2.75, 3.05) is 26.7 Å². The normalized spacial score (nSPS) is 36.4. The van der Waals surface area contributed by atoms with Gasteiger partial charge in [-0.15, -0.1) is 0 Å². The van der Waals surface area contributed by atoms with Crippen LogP contribution in [0.4, 0.5) is 0 Å². The van der Waals surface area contributed by atoms with E-state index in [1.54, 1.807) is 0 Å². The molecule has 4 bridgehead atoms. The highest BCUT2D eigenvalue weighted by Gasteiger charge is 2.50. The quantitative estimate of drug-likeness (QED) is 0.716. The zero-order valence-corrected chi connectivity index (χ0v) is 19.6. The molecule has 4 saturated carbocycles. The summed E-state index contributed by atoms with van der Waals surface area (Å²) >= 11 is 0. The number of nitrogens with zero attached hydrogens (tertiary/aromatic N) is 4. The molecule has 0 unspecified atom stereocenters. The van der Waals surface area contributed by atoms with Crippen molar-refractivity contribution < 1.29 is 4.79 Å². The summed E-state index contributed by atoms with van der Waals surface area (Å²) in [6.45, 7) is 3.03. The Kier molecular flexibility index (Phi) is 4.97. The minimum absolute atomic E-state index is 0.172. The molecule has 1 aromatic heterocycles. The molecule has 0 aromatic carbocycles. The Hall–Kier alpha value is -1.36. The van der Waals surface area contributed by atoms with E-state index in [-0.39, 0.29) is 5.91 Å². The smallest absolute Gasteiger partial charge is 0.274 e. The summed E-state index contributed by atoms with van der Waals surface area (Å²) in [7, 11) is 4.37. The first-order valence-electron chi connectivity index (χ1n) is 13.0. The average Bonchev–Trinajstić information content (AvgIpc) is 3.39. The summed E-state index contributed by atoms with van der Waals surface area (Å²) in [5.41, 5.74) is 3.96. The predicted octanol–water partition coefficient (Wildman–Crippen LogP) is 4.05. The van der Waals surface area contributed by atoms with E-state index in [0.29, 0.717) is 11.5 Å². The molecule has 1 aromatic rings. The van der Waals surface area contributed by atoms with Crippen LogP contribution in [-0.4, -0.2) is 58.2 Å². The number of aromatic nitrogens is 2. The summed E-state index contributed by atoms with van der Waals surface area (Å²) < 4.78 is 1.99. The zero-order chi connectivity index (χ0) is 21.2. The van der Waals surface area contributed by atoms with E-state index in [1.165, 1.54) is 69.2 Å². The number of aryl methyl sites for hydroxylation is 1. The lowest BCUT2D eigenvalue weighted by Crippen LogP contribution is -2.48. The maximum atomic E-state index is 13.1. The van der Waals surface area contributed by atoms with Gasteiger partial charge in [0, 0.05) is 37.4 Å². The van der Waals surface area contributed by atoms with Gasteiger partial charge in [0.2, 0.25) is 0 Å². The molecular formula is C26H40N4O. The lowest BCUT2D eigenvalue weighted by atomic mass is 9.49. The lowest BCUT2D eigenvalue weighted by molar-refractivity contribution is -0.0615. The number of hydrogen-bond donors (Lipinski definition) is 0. The van der Waals surface area contributed by atoms with Crippen molar-refractivity contribution in [1.82, 2.24) is 19.6 Å². The zero-order valence-electron chi connectivity index (χ0n) is 19.6. The Morgan fingerprint density at radius 3 is 2.39 bits per heavy atom. The first kappa shape index (κ1) is 20.3. The van der Waals surface area contributed by atoms with Crippen LogP contribution in [0.2, 0.25) is 0 Å². The first-order chi connectivity index (χ1) is 15.0. The van der Waals surface area contributed by atoms with Crippen LogP contribution in [-0.2, 0) is 19.9 Å². The number of likely N-dealkylation sites (tertiary alicyclic amines) is 1. The van der Waals surface area contributed by atoms with Gasteiger partial charge >= 0.3 is 0 Å². The van der Waals surface area contributed by atoms with Crippen LogP contribution in [0.15, 0.2) is 0 Å². The van der Waals surface area contributed by atoms with Crippen molar-refractivity contribution >= 4 is 5.91 Å². The van der Waals surface area contributed by atoms with Gasteiger partial charge in [-0.1, -0.05) is 0 Å². The van der Waals surface area contributed by atoms with Crippen molar-refractivity contribution in [2.24, 2.45) is 30.2 Å². The van der Waals surface area contributed by atoms with Crippen LogP contribution in [0.1, 0.15) is 86.0 Å². The Bertz CT molecular complexity index is 817. The molecule has 7 rings (SSSR count). The fourth-order valence-corrected chi connectivity index (χ4v) is 8.58. The fourth-order valence-electron chi connectivity index (χ4n) is 8.58. The minimum atomic E-state index is 0.172.